The molecule has 28 heavy (non-hydrogen) atoms. The van der Waals surface area contributed by atoms with Crippen molar-refractivity contribution >= 4 is 16.8 Å². The fraction of sp³-hybridized carbons (Fsp3) is 0.182. The minimum absolute atomic E-state index is 0.0799. The summed E-state index contributed by atoms with van der Waals surface area (Å²) in [5.74, 6) is -0.383. The van der Waals surface area contributed by atoms with E-state index in [2.05, 4.69) is 15.4 Å². The monoisotopic (exact) mass is 376 g/mol. The van der Waals surface area contributed by atoms with E-state index in [0.717, 1.165) is 27.9 Å². The van der Waals surface area contributed by atoms with Gasteiger partial charge in [-0.3, -0.25) is 4.79 Å². The third-order valence-corrected chi connectivity index (χ3v) is 4.83. The number of benzene rings is 2. The molecule has 5 nitrogen and oxygen atoms in total. The van der Waals surface area contributed by atoms with Crippen molar-refractivity contribution in [3.8, 4) is 5.69 Å². The Morgan fingerprint density at radius 2 is 2.00 bits per heavy atom. The maximum Gasteiger partial charge on any atom is 0.224 e. The number of para-hydroxylation sites is 2. The number of carbonyl (C=O) groups is 1. The molecule has 142 valence electrons. The molecule has 1 amide bonds. The predicted octanol–water partition coefficient (Wildman–Crippen LogP) is 3.70. The zero-order chi connectivity index (χ0) is 19.5. The highest BCUT2D eigenvalue weighted by molar-refractivity contribution is 5.90. The van der Waals surface area contributed by atoms with E-state index in [-0.39, 0.29) is 18.1 Å². The van der Waals surface area contributed by atoms with Gasteiger partial charge in [0.05, 0.1) is 23.8 Å². The van der Waals surface area contributed by atoms with Crippen molar-refractivity contribution in [1.82, 2.24) is 20.1 Å². The number of halogens is 1. The van der Waals surface area contributed by atoms with Crippen molar-refractivity contribution in [3.05, 3.63) is 83.6 Å². The molecule has 0 saturated carbocycles. The first-order chi connectivity index (χ1) is 13.6. The topological polar surface area (TPSA) is 62.7 Å². The lowest BCUT2D eigenvalue weighted by molar-refractivity contribution is -0.120. The minimum atomic E-state index is -0.303. The number of nitrogens with zero attached hydrogens (tertiary/aromatic N) is 2. The molecule has 2 heterocycles. The van der Waals surface area contributed by atoms with Gasteiger partial charge in [0.1, 0.15) is 5.82 Å². The Morgan fingerprint density at radius 1 is 1.18 bits per heavy atom. The van der Waals surface area contributed by atoms with Crippen LogP contribution in [-0.2, 0) is 17.6 Å². The van der Waals surface area contributed by atoms with Crippen LogP contribution in [0.3, 0.4) is 0 Å². The van der Waals surface area contributed by atoms with Crippen molar-refractivity contribution in [3.63, 3.8) is 0 Å². The summed E-state index contributed by atoms with van der Waals surface area (Å²) >= 11 is 0. The Bertz CT molecular complexity index is 1110. The van der Waals surface area contributed by atoms with E-state index in [0.29, 0.717) is 18.5 Å². The highest BCUT2D eigenvalue weighted by atomic mass is 19.1. The molecule has 0 fully saturated rings. The van der Waals surface area contributed by atoms with Crippen molar-refractivity contribution in [2.75, 3.05) is 6.54 Å². The summed E-state index contributed by atoms with van der Waals surface area (Å²) in [5.41, 5.74) is 4.16. The van der Waals surface area contributed by atoms with Crippen LogP contribution < -0.4 is 5.32 Å². The van der Waals surface area contributed by atoms with Crippen molar-refractivity contribution < 1.29 is 9.18 Å². The molecule has 0 saturated heterocycles. The number of fused-ring (bicyclic) bond motifs is 1. The van der Waals surface area contributed by atoms with Crippen LogP contribution in [0.1, 0.15) is 16.8 Å². The Hall–Kier alpha value is -3.41. The number of rotatable bonds is 6. The summed E-state index contributed by atoms with van der Waals surface area (Å²) in [6.07, 6.45) is 4.69. The minimum Gasteiger partial charge on any atom is -0.356 e. The van der Waals surface area contributed by atoms with Crippen LogP contribution in [0.25, 0.3) is 16.6 Å². The third kappa shape index (κ3) is 3.67. The van der Waals surface area contributed by atoms with E-state index in [4.69, 9.17) is 0 Å². The van der Waals surface area contributed by atoms with Gasteiger partial charge in [-0.1, -0.05) is 30.3 Å². The molecule has 0 aliphatic carbocycles. The second-order valence-corrected chi connectivity index (χ2v) is 6.80. The van der Waals surface area contributed by atoms with E-state index in [1.54, 1.807) is 6.07 Å². The molecule has 0 bridgehead atoms. The van der Waals surface area contributed by atoms with Gasteiger partial charge in [0, 0.05) is 23.8 Å². The first-order valence-electron chi connectivity index (χ1n) is 9.23. The quantitative estimate of drug-likeness (QED) is 0.539. The van der Waals surface area contributed by atoms with E-state index >= 15 is 0 Å². The lowest BCUT2D eigenvalue weighted by Crippen LogP contribution is -2.27. The normalized spacial score (nSPS) is 11.1. The van der Waals surface area contributed by atoms with Gasteiger partial charge < -0.3 is 10.3 Å². The molecule has 2 aromatic heterocycles. The number of aryl methyl sites for hydroxylation is 1. The van der Waals surface area contributed by atoms with Gasteiger partial charge in [-0.25, -0.2) is 9.07 Å². The standard InChI is InChI=1S/C22H21FN4O/c1-15-19(18-8-5-9-20(23)22(18)26-15)12-21(28)24-11-10-16-13-25-27(14-16)17-6-3-2-4-7-17/h2-9,13-14,26H,10-12H2,1H3,(H,24,28). The number of hydrogen-bond acceptors (Lipinski definition) is 2. The smallest absolute Gasteiger partial charge is 0.224 e. The Balaban J connectivity index is 1.35. The maximum absolute atomic E-state index is 13.9. The summed E-state index contributed by atoms with van der Waals surface area (Å²) in [5, 5.41) is 8.07. The van der Waals surface area contributed by atoms with E-state index < -0.39 is 0 Å². The second kappa shape index (κ2) is 7.68. The second-order valence-electron chi connectivity index (χ2n) is 6.80. The van der Waals surface area contributed by atoms with Crippen molar-refractivity contribution in [2.24, 2.45) is 0 Å². The number of H-pyrrole nitrogens is 1. The maximum atomic E-state index is 13.9. The summed E-state index contributed by atoms with van der Waals surface area (Å²) in [7, 11) is 0. The molecule has 0 spiro atoms. The SMILES string of the molecule is Cc1[nH]c2c(F)cccc2c1CC(=O)NCCc1cnn(-c2ccccc2)c1. The fourth-order valence-electron chi connectivity index (χ4n) is 3.38. The van der Waals surface area contributed by atoms with Crippen LogP contribution in [0.15, 0.2) is 60.9 Å². The van der Waals surface area contributed by atoms with Crippen molar-refractivity contribution in [2.45, 2.75) is 19.8 Å². The molecular formula is C22H21FN4O. The highest BCUT2D eigenvalue weighted by Gasteiger charge is 2.14. The zero-order valence-electron chi connectivity index (χ0n) is 15.6. The molecule has 0 atom stereocenters. The van der Waals surface area contributed by atoms with E-state index in [1.807, 2.05) is 60.4 Å². The Kier molecular flexibility index (Phi) is 4.93. The van der Waals surface area contributed by atoms with E-state index in [9.17, 15) is 9.18 Å². The fourth-order valence-corrected chi connectivity index (χ4v) is 3.38. The number of hydrogen-bond donors (Lipinski definition) is 2. The lowest BCUT2D eigenvalue weighted by atomic mass is 10.1. The van der Waals surface area contributed by atoms with Gasteiger partial charge in [0.2, 0.25) is 5.91 Å². The van der Waals surface area contributed by atoms with Crippen molar-refractivity contribution in [1.29, 1.82) is 0 Å². The third-order valence-electron chi connectivity index (χ3n) is 4.83. The van der Waals surface area contributed by atoms with Crippen LogP contribution in [0.2, 0.25) is 0 Å². The van der Waals surface area contributed by atoms with Gasteiger partial charge in [-0.05, 0) is 42.7 Å². The van der Waals surface area contributed by atoms with Gasteiger partial charge >= 0.3 is 0 Å². The number of nitrogens with one attached hydrogen (secondary N) is 2. The first-order valence-corrected chi connectivity index (χ1v) is 9.23. The number of aromatic nitrogens is 3. The Labute approximate surface area is 162 Å². The van der Waals surface area contributed by atoms with Gasteiger partial charge in [0.25, 0.3) is 0 Å². The van der Waals surface area contributed by atoms with Gasteiger partial charge in [-0.2, -0.15) is 5.10 Å². The molecule has 4 aromatic rings. The molecule has 0 unspecified atom stereocenters. The Morgan fingerprint density at radius 3 is 2.82 bits per heavy atom. The number of amides is 1. The van der Waals surface area contributed by atoms with Crippen LogP contribution >= 0.6 is 0 Å². The molecule has 0 aliphatic rings. The van der Waals surface area contributed by atoms with Gasteiger partial charge in [0.15, 0.2) is 0 Å². The van der Waals surface area contributed by atoms with Crippen LogP contribution in [0.4, 0.5) is 4.39 Å². The lowest BCUT2D eigenvalue weighted by Gasteiger charge is -2.05. The predicted molar refractivity (Wildman–Crippen MR) is 107 cm³/mol. The molecule has 0 radical (unpaired) electrons. The van der Waals surface area contributed by atoms with Crippen LogP contribution in [-0.4, -0.2) is 27.2 Å². The number of carbonyl (C=O) groups excluding carboxylic acids is 1. The average Bonchev–Trinajstić information content (AvgIpc) is 3.29. The highest BCUT2D eigenvalue weighted by Crippen LogP contribution is 2.24. The molecular weight excluding hydrogens is 355 g/mol. The molecule has 2 N–H and O–H groups in total. The summed E-state index contributed by atoms with van der Waals surface area (Å²) in [6.45, 7) is 2.38. The summed E-state index contributed by atoms with van der Waals surface area (Å²) < 4.78 is 15.7. The zero-order valence-corrected chi connectivity index (χ0v) is 15.6. The molecule has 6 heteroatoms. The van der Waals surface area contributed by atoms with Crippen LogP contribution in [0, 0.1) is 12.7 Å². The molecule has 2 aromatic carbocycles. The molecule has 0 aliphatic heterocycles. The van der Waals surface area contributed by atoms with Gasteiger partial charge in [-0.15, -0.1) is 0 Å². The number of aromatic amines is 1. The molecule has 4 rings (SSSR count). The first kappa shape index (κ1) is 18.0. The summed E-state index contributed by atoms with van der Waals surface area (Å²) in [6, 6.07) is 14.8. The largest absolute Gasteiger partial charge is 0.356 e. The van der Waals surface area contributed by atoms with E-state index in [1.165, 1.54) is 6.07 Å². The average molecular weight is 376 g/mol. The summed E-state index contributed by atoms with van der Waals surface area (Å²) in [4.78, 5) is 15.4. The van der Waals surface area contributed by atoms with Crippen LogP contribution in [0.5, 0.6) is 0 Å².